The van der Waals surface area contributed by atoms with E-state index in [1.54, 1.807) is 18.3 Å². The minimum absolute atomic E-state index is 0.279. The summed E-state index contributed by atoms with van der Waals surface area (Å²) in [6, 6.07) is 18.1. The average Bonchev–Trinajstić information content (AvgIpc) is 2.84. The molecule has 1 saturated heterocycles. The van der Waals surface area contributed by atoms with Gasteiger partial charge in [0.2, 0.25) is 5.95 Å². The van der Waals surface area contributed by atoms with Crippen molar-refractivity contribution in [1.29, 1.82) is 0 Å². The Kier molecular flexibility index (Phi) is 8.00. The molecule has 1 aromatic heterocycles. The molecule has 1 unspecified atom stereocenters. The molecular weight excluding hydrogens is 414 g/mol. The van der Waals surface area contributed by atoms with Gasteiger partial charge in [-0.15, -0.1) is 0 Å². The fourth-order valence-electron chi connectivity index (χ4n) is 4.26. The van der Waals surface area contributed by atoms with Crippen LogP contribution in [0.2, 0.25) is 0 Å². The first-order valence-electron chi connectivity index (χ1n) is 11.5. The molecule has 0 amide bonds. The lowest BCUT2D eigenvalue weighted by molar-refractivity contribution is -0.108. The van der Waals surface area contributed by atoms with Gasteiger partial charge < -0.3 is 20.5 Å². The van der Waals surface area contributed by atoms with Crippen LogP contribution in [0.15, 0.2) is 60.8 Å². The van der Waals surface area contributed by atoms with Gasteiger partial charge in [-0.3, -0.25) is 4.90 Å². The molecule has 0 saturated carbocycles. The SMILES string of the molecule is O=CCCC1CNCCN1Cc1cccc(-c2ccnc(NCCc3cccc(O)c3)n2)c1. The fraction of sp³-hybridized carbons (Fsp3) is 0.346. The Labute approximate surface area is 194 Å². The number of phenolic OH excluding ortho intramolecular Hbond substituents is 1. The smallest absolute Gasteiger partial charge is 0.223 e. The topological polar surface area (TPSA) is 90.4 Å². The Hall–Kier alpha value is -3.29. The molecule has 3 aromatic rings. The molecule has 172 valence electrons. The standard InChI is InChI=1S/C26H31N5O2/c32-15-3-7-23-18-27-13-14-31(23)19-21-5-1-6-22(16-21)25-10-12-29-26(30-25)28-11-9-20-4-2-8-24(33)17-20/h1-2,4-6,8,10,12,15-17,23,27,33H,3,7,9,11,13-14,18-19H2,(H,28,29,30). The number of benzene rings is 2. The van der Waals surface area contributed by atoms with Crippen LogP contribution in [-0.2, 0) is 17.8 Å². The molecule has 1 aliphatic rings. The third-order valence-corrected chi connectivity index (χ3v) is 5.96. The van der Waals surface area contributed by atoms with Crippen molar-refractivity contribution in [2.75, 3.05) is 31.5 Å². The number of hydrogen-bond donors (Lipinski definition) is 3. The maximum absolute atomic E-state index is 10.8. The molecular formula is C26H31N5O2. The van der Waals surface area contributed by atoms with Gasteiger partial charge in [0.15, 0.2) is 0 Å². The summed E-state index contributed by atoms with van der Waals surface area (Å²) >= 11 is 0. The van der Waals surface area contributed by atoms with Gasteiger partial charge in [0.25, 0.3) is 0 Å². The lowest BCUT2D eigenvalue weighted by atomic mass is 10.0. The minimum atomic E-state index is 0.279. The second-order valence-electron chi connectivity index (χ2n) is 8.38. The number of rotatable bonds is 10. The van der Waals surface area contributed by atoms with Gasteiger partial charge in [-0.2, -0.15) is 0 Å². The monoisotopic (exact) mass is 445 g/mol. The van der Waals surface area contributed by atoms with Crippen LogP contribution in [0, 0.1) is 0 Å². The first kappa shape index (κ1) is 22.9. The average molecular weight is 446 g/mol. The van der Waals surface area contributed by atoms with Crippen molar-refractivity contribution >= 4 is 12.2 Å². The van der Waals surface area contributed by atoms with Gasteiger partial charge in [0.1, 0.15) is 12.0 Å². The predicted octanol–water partition coefficient (Wildman–Crippen LogP) is 3.26. The van der Waals surface area contributed by atoms with Crippen molar-refractivity contribution in [3.05, 3.63) is 71.9 Å². The van der Waals surface area contributed by atoms with Crippen molar-refractivity contribution in [2.45, 2.75) is 31.8 Å². The first-order valence-corrected chi connectivity index (χ1v) is 11.5. The zero-order chi connectivity index (χ0) is 22.9. The summed E-state index contributed by atoms with van der Waals surface area (Å²) in [4.78, 5) is 22.3. The van der Waals surface area contributed by atoms with Gasteiger partial charge >= 0.3 is 0 Å². The second-order valence-corrected chi connectivity index (χ2v) is 8.38. The first-order chi connectivity index (χ1) is 16.2. The zero-order valence-corrected chi connectivity index (χ0v) is 18.8. The van der Waals surface area contributed by atoms with E-state index < -0.39 is 0 Å². The lowest BCUT2D eigenvalue weighted by Gasteiger charge is -2.36. The Bertz CT molecular complexity index is 1060. The number of anilines is 1. The van der Waals surface area contributed by atoms with Crippen molar-refractivity contribution in [2.24, 2.45) is 0 Å². The number of carbonyl (C=O) groups excluding carboxylic acids is 1. The molecule has 4 rings (SSSR count). The number of piperazine rings is 1. The second kappa shape index (κ2) is 11.5. The number of carbonyl (C=O) groups is 1. The summed E-state index contributed by atoms with van der Waals surface area (Å²) in [6.45, 7) is 4.42. The van der Waals surface area contributed by atoms with Crippen LogP contribution < -0.4 is 10.6 Å². The van der Waals surface area contributed by atoms with E-state index in [1.165, 1.54) is 5.56 Å². The minimum Gasteiger partial charge on any atom is -0.508 e. The molecule has 1 atom stereocenters. The van der Waals surface area contributed by atoms with Crippen molar-refractivity contribution in [3.63, 3.8) is 0 Å². The largest absolute Gasteiger partial charge is 0.508 e. The molecule has 2 heterocycles. The molecule has 1 fully saturated rings. The van der Waals surface area contributed by atoms with Crippen molar-refractivity contribution in [3.8, 4) is 17.0 Å². The Morgan fingerprint density at radius 1 is 1.15 bits per heavy atom. The van der Waals surface area contributed by atoms with Crippen LogP contribution in [0.3, 0.4) is 0 Å². The summed E-state index contributed by atoms with van der Waals surface area (Å²) < 4.78 is 0. The molecule has 0 spiro atoms. The van der Waals surface area contributed by atoms with E-state index in [4.69, 9.17) is 4.98 Å². The molecule has 7 nitrogen and oxygen atoms in total. The van der Waals surface area contributed by atoms with E-state index in [-0.39, 0.29) is 5.75 Å². The van der Waals surface area contributed by atoms with Crippen LogP contribution in [0.25, 0.3) is 11.3 Å². The summed E-state index contributed by atoms with van der Waals surface area (Å²) in [5, 5.41) is 16.3. The fourth-order valence-corrected chi connectivity index (χ4v) is 4.26. The van der Waals surface area contributed by atoms with Crippen molar-refractivity contribution in [1.82, 2.24) is 20.2 Å². The summed E-state index contributed by atoms with van der Waals surface area (Å²) in [5.74, 6) is 0.871. The molecule has 0 aliphatic carbocycles. The van der Waals surface area contributed by atoms with Crippen LogP contribution in [0.1, 0.15) is 24.0 Å². The Morgan fingerprint density at radius 3 is 2.91 bits per heavy atom. The van der Waals surface area contributed by atoms with Gasteiger partial charge in [-0.05, 0) is 48.2 Å². The van der Waals surface area contributed by atoms with Crippen LogP contribution >= 0.6 is 0 Å². The van der Waals surface area contributed by atoms with Gasteiger partial charge in [0.05, 0.1) is 5.69 Å². The summed E-state index contributed by atoms with van der Waals surface area (Å²) in [6.07, 6.45) is 5.05. The molecule has 0 bridgehead atoms. The maximum atomic E-state index is 10.8. The molecule has 1 aliphatic heterocycles. The van der Waals surface area contributed by atoms with E-state index in [0.717, 1.165) is 62.1 Å². The Balaban J connectivity index is 1.40. The summed E-state index contributed by atoms with van der Waals surface area (Å²) in [7, 11) is 0. The van der Waals surface area contributed by atoms with E-state index in [2.05, 4.69) is 44.8 Å². The molecule has 7 heteroatoms. The van der Waals surface area contributed by atoms with Crippen molar-refractivity contribution < 1.29 is 9.90 Å². The third kappa shape index (κ3) is 6.60. The normalized spacial score (nSPS) is 16.4. The van der Waals surface area contributed by atoms with E-state index >= 15 is 0 Å². The number of aromatic nitrogens is 2. The third-order valence-electron chi connectivity index (χ3n) is 5.96. The molecule has 33 heavy (non-hydrogen) atoms. The number of phenols is 1. The number of nitrogens with one attached hydrogen (secondary N) is 2. The zero-order valence-electron chi connectivity index (χ0n) is 18.8. The van der Waals surface area contributed by atoms with Gasteiger partial charge in [-0.25, -0.2) is 9.97 Å². The highest BCUT2D eigenvalue weighted by Gasteiger charge is 2.21. The van der Waals surface area contributed by atoms with Gasteiger partial charge in [0, 0.05) is 56.9 Å². The molecule has 3 N–H and O–H groups in total. The van der Waals surface area contributed by atoms with E-state index in [9.17, 15) is 9.90 Å². The molecule has 2 aromatic carbocycles. The highest BCUT2D eigenvalue weighted by Crippen LogP contribution is 2.21. The quantitative estimate of drug-likeness (QED) is 0.413. The Morgan fingerprint density at radius 2 is 2.03 bits per heavy atom. The van der Waals surface area contributed by atoms with E-state index in [1.807, 2.05) is 18.2 Å². The maximum Gasteiger partial charge on any atom is 0.223 e. The number of hydrogen-bond acceptors (Lipinski definition) is 7. The van der Waals surface area contributed by atoms with E-state index in [0.29, 0.717) is 25.0 Å². The number of nitrogens with zero attached hydrogens (tertiary/aromatic N) is 3. The highest BCUT2D eigenvalue weighted by atomic mass is 16.3. The van der Waals surface area contributed by atoms with Gasteiger partial charge in [-0.1, -0.05) is 30.3 Å². The van der Waals surface area contributed by atoms with Crippen LogP contribution in [0.4, 0.5) is 5.95 Å². The predicted molar refractivity (Wildman–Crippen MR) is 130 cm³/mol. The highest BCUT2D eigenvalue weighted by molar-refractivity contribution is 5.61. The number of aldehydes is 1. The number of aromatic hydroxyl groups is 1. The molecule has 0 radical (unpaired) electrons. The van der Waals surface area contributed by atoms with Crippen LogP contribution in [0.5, 0.6) is 5.75 Å². The van der Waals surface area contributed by atoms with Crippen LogP contribution in [-0.4, -0.2) is 58.5 Å². The summed E-state index contributed by atoms with van der Waals surface area (Å²) in [5.41, 5.74) is 4.24. The lowest BCUT2D eigenvalue weighted by Crippen LogP contribution is -2.50.